The van der Waals surface area contributed by atoms with Crippen LogP contribution in [-0.2, 0) is 4.79 Å². The fourth-order valence-corrected chi connectivity index (χ4v) is 1.78. The average molecular weight is 303 g/mol. The van der Waals surface area contributed by atoms with Crippen LogP contribution < -0.4 is 5.32 Å². The Kier molecular flexibility index (Phi) is 4.68. The van der Waals surface area contributed by atoms with Crippen molar-refractivity contribution in [2.45, 2.75) is 0 Å². The molecule has 21 heavy (non-hydrogen) atoms. The van der Waals surface area contributed by atoms with Crippen molar-refractivity contribution in [1.29, 1.82) is 0 Å². The highest BCUT2D eigenvalue weighted by molar-refractivity contribution is 6.34. The maximum absolute atomic E-state index is 12.0. The number of carboxylic acids is 1. The molecule has 0 bridgehead atoms. The van der Waals surface area contributed by atoms with Crippen molar-refractivity contribution in [2.75, 3.05) is 5.32 Å². The summed E-state index contributed by atoms with van der Waals surface area (Å²) in [5.41, 5.74) is 1.58. The molecule has 6 heteroatoms. The highest BCUT2D eigenvalue weighted by Crippen LogP contribution is 2.16. The Morgan fingerprint density at radius 2 is 1.90 bits per heavy atom. The Bertz CT molecular complexity index is 696. The van der Waals surface area contributed by atoms with Gasteiger partial charge in [0.2, 0.25) is 0 Å². The van der Waals surface area contributed by atoms with Gasteiger partial charge in [-0.1, -0.05) is 23.7 Å². The molecule has 0 radical (unpaired) electrons. The fraction of sp³-hybridized carbons (Fsp3) is 0. The lowest BCUT2D eigenvalue weighted by Crippen LogP contribution is -2.12. The van der Waals surface area contributed by atoms with Gasteiger partial charge < -0.3 is 10.4 Å². The number of halogens is 1. The Morgan fingerprint density at radius 1 is 1.19 bits per heavy atom. The van der Waals surface area contributed by atoms with Crippen LogP contribution >= 0.6 is 11.6 Å². The first-order valence-electron chi connectivity index (χ1n) is 5.98. The lowest BCUT2D eigenvalue weighted by molar-refractivity contribution is -0.131. The maximum Gasteiger partial charge on any atom is 0.328 e. The normalized spacial score (nSPS) is 10.5. The molecule has 1 amide bonds. The zero-order valence-corrected chi connectivity index (χ0v) is 11.5. The van der Waals surface area contributed by atoms with E-state index in [-0.39, 0.29) is 11.5 Å². The molecular weight excluding hydrogens is 292 g/mol. The van der Waals surface area contributed by atoms with Gasteiger partial charge in [0.1, 0.15) is 0 Å². The molecule has 106 valence electrons. The number of rotatable bonds is 4. The lowest BCUT2D eigenvalue weighted by Gasteiger charge is -2.06. The predicted molar refractivity (Wildman–Crippen MR) is 80.3 cm³/mol. The summed E-state index contributed by atoms with van der Waals surface area (Å²) < 4.78 is 0. The van der Waals surface area contributed by atoms with Gasteiger partial charge >= 0.3 is 5.97 Å². The number of amides is 1. The molecule has 0 spiro atoms. The first kappa shape index (κ1) is 14.7. The first-order valence-corrected chi connectivity index (χ1v) is 6.36. The zero-order valence-electron chi connectivity index (χ0n) is 10.8. The van der Waals surface area contributed by atoms with Crippen LogP contribution in [0.3, 0.4) is 0 Å². The number of carboxylic acid groups (broad SMARTS) is 1. The van der Waals surface area contributed by atoms with Crippen molar-refractivity contribution in [3.05, 3.63) is 65.0 Å². The standard InChI is InChI=1S/C15H11ClN2O3/c16-13-7-8-17-9-12(13)15(21)18-11-4-1-10(2-5-11)3-6-14(19)20/h1-9H,(H,18,21)(H,19,20)/b6-3+. The quantitative estimate of drug-likeness (QED) is 0.851. The van der Waals surface area contributed by atoms with Crippen LogP contribution in [0.5, 0.6) is 0 Å². The Labute approximate surface area is 125 Å². The second-order valence-corrected chi connectivity index (χ2v) is 4.51. The molecule has 1 aromatic carbocycles. The summed E-state index contributed by atoms with van der Waals surface area (Å²) in [5, 5.41) is 11.5. The summed E-state index contributed by atoms with van der Waals surface area (Å²) in [7, 11) is 0. The van der Waals surface area contributed by atoms with E-state index in [9.17, 15) is 9.59 Å². The number of carbonyl (C=O) groups excluding carboxylic acids is 1. The molecule has 1 aromatic heterocycles. The highest BCUT2D eigenvalue weighted by atomic mass is 35.5. The number of pyridine rings is 1. The van der Waals surface area contributed by atoms with Gasteiger partial charge in [0, 0.05) is 24.2 Å². The van der Waals surface area contributed by atoms with Gasteiger partial charge in [0.05, 0.1) is 10.6 Å². The van der Waals surface area contributed by atoms with Crippen LogP contribution in [0.25, 0.3) is 6.08 Å². The van der Waals surface area contributed by atoms with Gasteiger partial charge in [-0.15, -0.1) is 0 Å². The van der Waals surface area contributed by atoms with Gasteiger partial charge in [-0.25, -0.2) is 4.79 Å². The van der Waals surface area contributed by atoms with E-state index in [1.54, 1.807) is 24.3 Å². The number of hydrogen-bond acceptors (Lipinski definition) is 3. The van der Waals surface area contributed by atoms with E-state index in [0.717, 1.165) is 11.6 Å². The van der Waals surface area contributed by atoms with Crippen LogP contribution in [0.15, 0.2) is 48.8 Å². The number of benzene rings is 1. The van der Waals surface area contributed by atoms with E-state index >= 15 is 0 Å². The minimum atomic E-state index is -1.02. The number of aliphatic carboxylic acids is 1. The largest absolute Gasteiger partial charge is 0.478 e. The lowest BCUT2D eigenvalue weighted by atomic mass is 10.2. The molecule has 0 saturated heterocycles. The van der Waals surface area contributed by atoms with Crippen molar-refractivity contribution < 1.29 is 14.7 Å². The molecule has 0 aliphatic heterocycles. The van der Waals surface area contributed by atoms with E-state index in [2.05, 4.69) is 10.3 Å². The molecule has 2 aromatic rings. The van der Waals surface area contributed by atoms with Crippen LogP contribution in [0.4, 0.5) is 5.69 Å². The molecule has 0 saturated carbocycles. The minimum absolute atomic E-state index is 0.286. The van der Waals surface area contributed by atoms with Gasteiger partial charge in [-0.3, -0.25) is 9.78 Å². The van der Waals surface area contributed by atoms with Crippen LogP contribution in [0, 0.1) is 0 Å². The average Bonchev–Trinajstić information content (AvgIpc) is 2.47. The Balaban J connectivity index is 2.09. The van der Waals surface area contributed by atoms with Crippen LogP contribution in [0.2, 0.25) is 5.02 Å². The van der Waals surface area contributed by atoms with Gasteiger partial charge in [-0.05, 0) is 29.8 Å². The van der Waals surface area contributed by atoms with Crippen LogP contribution in [-0.4, -0.2) is 22.0 Å². The number of anilines is 1. The molecule has 0 aliphatic rings. The van der Waals surface area contributed by atoms with Gasteiger partial charge in [-0.2, -0.15) is 0 Å². The van der Waals surface area contributed by atoms with E-state index < -0.39 is 5.97 Å². The zero-order chi connectivity index (χ0) is 15.2. The summed E-state index contributed by atoms with van der Waals surface area (Å²) in [6.45, 7) is 0. The number of aromatic nitrogens is 1. The first-order chi connectivity index (χ1) is 10.1. The molecule has 2 rings (SSSR count). The van der Waals surface area contributed by atoms with Crippen molar-refractivity contribution >= 4 is 35.2 Å². The smallest absolute Gasteiger partial charge is 0.328 e. The highest BCUT2D eigenvalue weighted by Gasteiger charge is 2.10. The monoisotopic (exact) mass is 302 g/mol. The molecular formula is C15H11ClN2O3. The Hall–Kier alpha value is -2.66. The molecule has 1 heterocycles. The summed E-state index contributed by atoms with van der Waals surface area (Å²) >= 11 is 5.92. The van der Waals surface area contributed by atoms with E-state index in [4.69, 9.17) is 16.7 Å². The van der Waals surface area contributed by atoms with E-state index in [1.807, 2.05) is 0 Å². The van der Waals surface area contributed by atoms with E-state index in [0.29, 0.717) is 10.7 Å². The molecule has 0 unspecified atom stereocenters. The van der Waals surface area contributed by atoms with Crippen molar-refractivity contribution in [1.82, 2.24) is 4.98 Å². The summed E-state index contributed by atoms with van der Waals surface area (Å²) in [4.78, 5) is 26.3. The maximum atomic E-state index is 12.0. The fourth-order valence-electron chi connectivity index (χ4n) is 1.59. The SMILES string of the molecule is O=C(O)/C=C/c1ccc(NC(=O)c2cnccc2Cl)cc1. The number of nitrogens with one attached hydrogen (secondary N) is 1. The Morgan fingerprint density at radius 3 is 2.52 bits per heavy atom. The number of hydrogen-bond donors (Lipinski definition) is 2. The number of nitrogens with zero attached hydrogens (tertiary/aromatic N) is 1. The second kappa shape index (κ2) is 6.67. The third-order valence-corrected chi connectivity index (χ3v) is 2.93. The number of carbonyl (C=O) groups is 2. The van der Waals surface area contributed by atoms with E-state index in [1.165, 1.54) is 24.5 Å². The summed E-state index contributed by atoms with van der Waals surface area (Å²) in [5.74, 6) is -1.37. The third kappa shape index (κ3) is 4.15. The third-order valence-electron chi connectivity index (χ3n) is 2.60. The summed E-state index contributed by atoms with van der Waals surface area (Å²) in [6, 6.07) is 8.27. The van der Waals surface area contributed by atoms with Crippen molar-refractivity contribution in [3.8, 4) is 0 Å². The van der Waals surface area contributed by atoms with Crippen LogP contribution in [0.1, 0.15) is 15.9 Å². The molecule has 0 atom stereocenters. The molecule has 0 fully saturated rings. The van der Waals surface area contributed by atoms with Gasteiger partial charge in [0.15, 0.2) is 0 Å². The predicted octanol–water partition coefficient (Wildman–Crippen LogP) is 3.09. The summed E-state index contributed by atoms with van der Waals surface area (Å²) in [6.07, 6.45) is 5.40. The molecule has 0 aliphatic carbocycles. The second-order valence-electron chi connectivity index (χ2n) is 4.10. The van der Waals surface area contributed by atoms with Gasteiger partial charge in [0.25, 0.3) is 5.91 Å². The minimum Gasteiger partial charge on any atom is -0.478 e. The topological polar surface area (TPSA) is 79.3 Å². The molecule has 5 nitrogen and oxygen atoms in total. The van der Waals surface area contributed by atoms with Crippen molar-refractivity contribution in [3.63, 3.8) is 0 Å². The molecule has 2 N–H and O–H groups in total. The van der Waals surface area contributed by atoms with Crippen molar-refractivity contribution in [2.24, 2.45) is 0 Å².